The van der Waals surface area contributed by atoms with E-state index >= 15 is 0 Å². The summed E-state index contributed by atoms with van der Waals surface area (Å²) >= 11 is 5.64. The SMILES string of the molecule is CC(C)=CC(C)(C)CCCl. The fourth-order valence-electron chi connectivity index (χ4n) is 1.10. The minimum absolute atomic E-state index is 0.278. The molecular weight excluding hydrogens is 144 g/mol. The Bertz CT molecular complexity index is 119. The second-order valence-corrected chi connectivity index (χ2v) is 4.03. The molecular formula is C9H17Cl. The van der Waals surface area contributed by atoms with E-state index < -0.39 is 0 Å². The van der Waals surface area contributed by atoms with Crippen molar-refractivity contribution in [3.05, 3.63) is 11.6 Å². The van der Waals surface area contributed by atoms with Gasteiger partial charge in [0, 0.05) is 5.88 Å². The van der Waals surface area contributed by atoms with Gasteiger partial charge in [0.05, 0.1) is 0 Å². The van der Waals surface area contributed by atoms with Crippen molar-refractivity contribution in [3.63, 3.8) is 0 Å². The van der Waals surface area contributed by atoms with Crippen molar-refractivity contribution in [1.29, 1.82) is 0 Å². The zero-order chi connectivity index (χ0) is 8.20. The Morgan fingerprint density at radius 3 is 2.20 bits per heavy atom. The molecule has 0 bridgehead atoms. The van der Waals surface area contributed by atoms with Crippen LogP contribution in [0.1, 0.15) is 34.1 Å². The van der Waals surface area contributed by atoms with E-state index in [9.17, 15) is 0 Å². The van der Waals surface area contributed by atoms with Gasteiger partial charge < -0.3 is 0 Å². The molecule has 0 unspecified atom stereocenters. The highest BCUT2D eigenvalue weighted by molar-refractivity contribution is 6.17. The Morgan fingerprint density at radius 1 is 1.40 bits per heavy atom. The van der Waals surface area contributed by atoms with E-state index in [-0.39, 0.29) is 5.41 Å². The van der Waals surface area contributed by atoms with E-state index in [0.29, 0.717) is 0 Å². The molecule has 60 valence electrons. The first-order valence-electron chi connectivity index (χ1n) is 3.70. The van der Waals surface area contributed by atoms with Crippen LogP contribution in [0.25, 0.3) is 0 Å². The number of halogens is 1. The van der Waals surface area contributed by atoms with Crippen LogP contribution in [0, 0.1) is 5.41 Å². The maximum absolute atomic E-state index is 5.64. The van der Waals surface area contributed by atoms with E-state index in [4.69, 9.17) is 11.6 Å². The first kappa shape index (κ1) is 10.0. The zero-order valence-corrected chi connectivity index (χ0v) is 8.13. The van der Waals surface area contributed by atoms with Crippen LogP contribution < -0.4 is 0 Å². The first-order valence-corrected chi connectivity index (χ1v) is 4.23. The lowest BCUT2D eigenvalue weighted by molar-refractivity contribution is 0.462. The molecule has 0 N–H and O–H groups in total. The van der Waals surface area contributed by atoms with Gasteiger partial charge in [-0.05, 0) is 25.7 Å². The lowest BCUT2D eigenvalue weighted by Gasteiger charge is -2.18. The number of rotatable bonds is 3. The monoisotopic (exact) mass is 160 g/mol. The molecule has 10 heavy (non-hydrogen) atoms. The minimum Gasteiger partial charge on any atom is -0.127 e. The number of allylic oxidation sites excluding steroid dienone is 2. The van der Waals surface area contributed by atoms with Gasteiger partial charge in [-0.3, -0.25) is 0 Å². The Hall–Kier alpha value is 0.0300. The maximum Gasteiger partial charge on any atom is 0.0231 e. The van der Waals surface area contributed by atoms with Crippen molar-refractivity contribution < 1.29 is 0 Å². The molecule has 0 aliphatic heterocycles. The van der Waals surface area contributed by atoms with Crippen LogP contribution in [-0.4, -0.2) is 5.88 Å². The standard InChI is InChI=1S/C9H17Cl/c1-8(2)7-9(3,4)5-6-10/h7H,5-6H2,1-4H3. The topological polar surface area (TPSA) is 0 Å². The molecule has 0 radical (unpaired) electrons. The van der Waals surface area contributed by atoms with Gasteiger partial charge in [0.15, 0.2) is 0 Å². The summed E-state index contributed by atoms with van der Waals surface area (Å²) in [6.45, 7) is 8.66. The molecule has 0 aliphatic carbocycles. The third kappa shape index (κ3) is 4.87. The lowest BCUT2D eigenvalue weighted by atomic mass is 9.88. The molecule has 0 rings (SSSR count). The number of hydrogen-bond acceptors (Lipinski definition) is 0. The van der Waals surface area contributed by atoms with Crippen molar-refractivity contribution in [3.8, 4) is 0 Å². The fourth-order valence-corrected chi connectivity index (χ4v) is 1.58. The predicted molar refractivity (Wildman–Crippen MR) is 48.5 cm³/mol. The van der Waals surface area contributed by atoms with Crippen molar-refractivity contribution in [1.82, 2.24) is 0 Å². The lowest BCUT2D eigenvalue weighted by Crippen LogP contribution is -2.08. The molecule has 0 aromatic carbocycles. The molecule has 1 heteroatoms. The third-order valence-electron chi connectivity index (χ3n) is 1.42. The maximum atomic E-state index is 5.64. The van der Waals surface area contributed by atoms with Crippen molar-refractivity contribution >= 4 is 11.6 Å². The van der Waals surface area contributed by atoms with E-state index in [0.717, 1.165) is 12.3 Å². The molecule has 0 amide bonds. The molecule has 0 nitrogen and oxygen atoms in total. The predicted octanol–water partition coefficient (Wildman–Crippen LogP) is 3.61. The summed E-state index contributed by atoms with van der Waals surface area (Å²) in [6.07, 6.45) is 3.33. The fraction of sp³-hybridized carbons (Fsp3) is 0.778. The van der Waals surface area contributed by atoms with Crippen LogP contribution in [-0.2, 0) is 0 Å². The third-order valence-corrected chi connectivity index (χ3v) is 1.61. The van der Waals surface area contributed by atoms with Crippen LogP contribution in [0.15, 0.2) is 11.6 Å². The van der Waals surface area contributed by atoms with Crippen LogP contribution >= 0.6 is 11.6 Å². The van der Waals surface area contributed by atoms with Crippen LogP contribution in [0.3, 0.4) is 0 Å². The highest BCUT2D eigenvalue weighted by atomic mass is 35.5. The normalized spacial score (nSPS) is 11.3. The van der Waals surface area contributed by atoms with E-state index in [2.05, 4.69) is 33.8 Å². The van der Waals surface area contributed by atoms with Gasteiger partial charge in [-0.15, -0.1) is 11.6 Å². The molecule has 0 aliphatic rings. The smallest absolute Gasteiger partial charge is 0.0231 e. The van der Waals surface area contributed by atoms with E-state index in [1.807, 2.05) is 0 Å². The summed E-state index contributed by atoms with van der Waals surface area (Å²) in [5.74, 6) is 0.747. The second-order valence-electron chi connectivity index (χ2n) is 3.65. The Kier molecular flexibility index (Phi) is 4.04. The van der Waals surface area contributed by atoms with Gasteiger partial charge >= 0.3 is 0 Å². The second kappa shape index (κ2) is 4.02. The van der Waals surface area contributed by atoms with Crippen molar-refractivity contribution in [2.24, 2.45) is 5.41 Å². The highest BCUT2D eigenvalue weighted by Gasteiger charge is 2.12. The van der Waals surface area contributed by atoms with Crippen molar-refractivity contribution in [2.45, 2.75) is 34.1 Å². The summed E-state index contributed by atoms with van der Waals surface area (Å²) in [5.41, 5.74) is 1.65. The Balaban J connectivity index is 3.98. The summed E-state index contributed by atoms with van der Waals surface area (Å²) < 4.78 is 0. The minimum atomic E-state index is 0.278. The zero-order valence-electron chi connectivity index (χ0n) is 7.37. The Morgan fingerprint density at radius 2 is 1.90 bits per heavy atom. The van der Waals surface area contributed by atoms with E-state index in [1.54, 1.807) is 0 Å². The van der Waals surface area contributed by atoms with Crippen LogP contribution in [0.4, 0.5) is 0 Å². The molecule has 0 aromatic heterocycles. The summed E-state index contributed by atoms with van der Waals surface area (Å²) in [5, 5.41) is 0. The molecule has 0 saturated carbocycles. The Labute approximate surface area is 69.3 Å². The van der Waals surface area contributed by atoms with Gasteiger partial charge in [0.1, 0.15) is 0 Å². The molecule has 0 heterocycles. The largest absolute Gasteiger partial charge is 0.127 e. The first-order chi connectivity index (χ1) is 4.48. The summed E-state index contributed by atoms with van der Waals surface area (Å²) in [7, 11) is 0. The van der Waals surface area contributed by atoms with Gasteiger partial charge in [-0.1, -0.05) is 25.5 Å². The molecule has 0 fully saturated rings. The van der Waals surface area contributed by atoms with E-state index in [1.165, 1.54) is 5.57 Å². The van der Waals surface area contributed by atoms with Crippen LogP contribution in [0.2, 0.25) is 0 Å². The molecule has 0 aromatic rings. The molecule has 0 atom stereocenters. The highest BCUT2D eigenvalue weighted by Crippen LogP contribution is 2.23. The molecule has 0 spiro atoms. The number of alkyl halides is 1. The van der Waals surface area contributed by atoms with Gasteiger partial charge in [0.25, 0.3) is 0 Å². The van der Waals surface area contributed by atoms with Gasteiger partial charge in [-0.2, -0.15) is 0 Å². The quantitative estimate of drug-likeness (QED) is 0.437. The summed E-state index contributed by atoms with van der Waals surface area (Å²) in [6, 6.07) is 0. The van der Waals surface area contributed by atoms with Crippen molar-refractivity contribution in [2.75, 3.05) is 5.88 Å². The summed E-state index contributed by atoms with van der Waals surface area (Å²) in [4.78, 5) is 0. The van der Waals surface area contributed by atoms with Gasteiger partial charge in [0.2, 0.25) is 0 Å². The van der Waals surface area contributed by atoms with Gasteiger partial charge in [-0.25, -0.2) is 0 Å². The average Bonchev–Trinajstić information content (AvgIpc) is 1.59. The molecule has 0 saturated heterocycles. The van der Waals surface area contributed by atoms with Crippen LogP contribution in [0.5, 0.6) is 0 Å². The number of hydrogen-bond donors (Lipinski definition) is 0. The average molecular weight is 161 g/mol.